The van der Waals surface area contributed by atoms with E-state index >= 15 is 0 Å². The molecule has 0 saturated heterocycles. The molecule has 0 aromatic carbocycles. The number of aryl methyl sites for hydroxylation is 1. The van der Waals surface area contributed by atoms with E-state index in [0.717, 1.165) is 24.2 Å². The fourth-order valence-electron chi connectivity index (χ4n) is 2.49. The smallest absolute Gasteiger partial charge is 0.0853 e. The minimum Gasteiger partial charge on any atom is -0.327 e. The number of nitrogens with zero attached hydrogens (tertiary/aromatic N) is 4. The summed E-state index contributed by atoms with van der Waals surface area (Å²) in [6.45, 7) is 11.3. The number of aromatic nitrogens is 4. The second kappa shape index (κ2) is 6.43. The van der Waals surface area contributed by atoms with E-state index in [0.29, 0.717) is 12.6 Å². The summed E-state index contributed by atoms with van der Waals surface area (Å²) in [4.78, 5) is 0. The minimum absolute atomic E-state index is 0.209. The number of hydrogen-bond donors (Lipinski definition) is 1. The second-order valence-electron chi connectivity index (χ2n) is 6.06. The van der Waals surface area contributed by atoms with E-state index in [4.69, 9.17) is 5.73 Å². The van der Waals surface area contributed by atoms with Gasteiger partial charge in [0, 0.05) is 24.0 Å². The second-order valence-corrected chi connectivity index (χ2v) is 6.06. The van der Waals surface area contributed by atoms with Crippen LogP contribution in [0.15, 0.2) is 12.3 Å². The van der Waals surface area contributed by atoms with Crippen molar-refractivity contribution in [3.05, 3.63) is 34.9 Å². The molecule has 5 heteroatoms. The molecule has 21 heavy (non-hydrogen) atoms. The van der Waals surface area contributed by atoms with Gasteiger partial charge < -0.3 is 5.73 Å². The Bertz CT molecular complexity index is 594. The molecule has 116 valence electrons. The fourth-order valence-corrected chi connectivity index (χ4v) is 2.49. The lowest BCUT2D eigenvalue weighted by atomic mass is 10.0. The van der Waals surface area contributed by atoms with Gasteiger partial charge in [0.25, 0.3) is 0 Å². The van der Waals surface area contributed by atoms with Crippen molar-refractivity contribution in [1.29, 1.82) is 0 Å². The van der Waals surface area contributed by atoms with E-state index in [1.807, 2.05) is 15.6 Å². The lowest BCUT2D eigenvalue weighted by molar-refractivity contribution is 0.519. The fraction of sp³-hybridized carbons (Fsp3) is 0.625. The molecule has 2 aromatic rings. The Morgan fingerprint density at radius 3 is 2.52 bits per heavy atom. The van der Waals surface area contributed by atoms with Gasteiger partial charge in [0.2, 0.25) is 0 Å². The molecule has 1 unspecified atom stereocenters. The van der Waals surface area contributed by atoms with Crippen molar-refractivity contribution in [2.24, 2.45) is 5.73 Å². The van der Waals surface area contributed by atoms with Gasteiger partial charge in [-0.2, -0.15) is 10.2 Å². The van der Waals surface area contributed by atoms with E-state index in [1.165, 1.54) is 11.3 Å². The van der Waals surface area contributed by atoms with Crippen LogP contribution >= 0.6 is 0 Å². The van der Waals surface area contributed by atoms with Crippen molar-refractivity contribution < 1.29 is 0 Å². The number of rotatable bonds is 6. The van der Waals surface area contributed by atoms with E-state index in [9.17, 15) is 0 Å². The molecule has 0 spiro atoms. The van der Waals surface area contributed by atoms with E-state index in [1.54, 1.807) is 0 Å². The summed E-state index contributed by atoms with van der Waals surface area (Å²) in [7, 11) is 0. The third kappa shape index (κ3) is 3.53. The molecule has 5 nitrogen and oxygen atoms in total. The highest BCUT2D eigenvalue weighted by Gasteiger charge is 2.15. The molecule has 0 aliphatic carbocycles. The average molecular weight is 289 g/mol. The van der Waals surface area contributed by atoms with Crippen molar-refractivity contribution >= 4 is 0 Å². The summed E-state index contributed by atoms with van der Waals surface area (Å²) in [5.41, 5.74) is 10.7. The number of hydrogen-bond acceptors (Lipinski definition) is 3. The molecule has 0 aliphatic rings. The summed E-state index contributed by atoms with van der Waals surface area (Å²) < 4.78 is 4.02. The van der Waals surface area contributed by atoms with Gasteiger partial charge >= 0.3 is 0 Å². The molecule has 0 saturated carbocycles. The van der Waals surface area contributed by atoms with Crippen LogP contribution in [0.5, 0.6) is 0 Å². The SMILES string of the molecule is CCC(N)Cc1c(C)nn(Cc2ccn(C(C)C)n2)c1C. The van der Waals surface area contributed by atoms with E-state index in [2.05, 4.69) is 50.9 Å². The summed E-state index contributed by atoms with van der Waals surface area (Å²) in [5, 5.41) is 9.25. The van der Waals surface area contributed by atoms with Crippen LogP contribution < -0.4 is 5.73 Å². The van der Waals surface area contributed by atoms with Crippen molar-refractivity contribution in [3.63, 3.8) is 0 Å². The predicted molar refractivity (Wildman–Crippen MR) is 85.4 cm³/mol. The third-order valence-electron chi connectivity index (χ3n) is 4.03. The zero-order valence-corrected chi connectivity index (χ0v) is 13.8. The molecule has 2 rings (SSSR count). The summed E-state index contributed by atoms with van der Waals surface area (Å²) >= 11 is 0. The average Bonchev–Trinajstić information content (AvgIpc) is 3.00. The highest BCUT2D eigenvalue weighted by molar-refractivity contribution is 5.26. The zero-order valence-electron chi connectivity index (χ0n) is 13.8. The quantitative estimate of drug-likeness (QED) is 0.889. The van der Waals surface area contributed by atoms with Crippen LogP contribution in [0.2, 0.25) is 0 Å². The monoisotopic (exact) mass is 289 g/mol. The normalized spacial score (nSPS) is 13.1. The molecule has 0 radical (unpaired) electrons. The Kier molecular flexibility index (Phi) is 4.83. The van der Waals surface area contributed by atoms with Crippen LogP contribution in [0, 0.1) is 13.8 Å². The van der Waals surface area contributed by atoms with Crippen molar-refractivity contribution in [3.8, 4) is 0 Å². The standard InChI is InChI=1S/C16H27N5/c1-6-14(17)9-16-12(4)18-21(13(16)5)10-15-7-8-20(19-15)11(2)3/h7-8,11,14H,6,9-10,17H2,1-5H3. The minimum atomic E-state index is 0.209. The van der Waals surface area contributed by atoms with Gasteiger partial charge in [0.15, 0.2) is 0 Å². The summed E-state index contributed by atoms with van der Waals surface area (Å²) in [5.74, 6) is 0. The van der Waals surface area contributed by atoms with Crippen LogP contribution in [0.1, 0.15) is 55.9 Å². The number of nitrogens with two attached hydrogens (primary N) is 1. The van der Waals surface area contributed by atoms with Gasteiger partial charge in [-0.1, -0.05) is 6.92 Å². The molecule has 0 fully saturated rings. The van der Waals surface area contributed by atoms with Crippen LogP contribution in [0.3, 0.4) is 0 Å². The topological polar surface area (TPSA) is 61.7 Å². The Balaban J connectivity index is 2.18. The Labute approximate surface area is 127 Å². The Morgan fingerprint density at radius 1 is 1.24 bits per heavy atom. The maximum absolute atomic E-state index is 6.09. The molecule has 2 aromatic heterocycles. The van der Waals surface area contributed by atoms with Gasteiger partial charge in [-0.25, -0.2) is 0 Å². The Morgan fingerprint density at radius 2 is 1.95 bits per heavy atom. The maximum atomic E-state index is 6.09. The highest BCUT2D eigenvalue weighted by Crippen LogP contribution is 2.17. The first-order valence-corrected chi connectivity index (χ1v) is 7.74. The molecule has 2 N–H and O–H groups in total. The molecule has 2 heterocycles. The largest absolute Gasteiger partial charge is 0.327 e. The van der Waals surface area contributed by atoms with Gasteiger partial charge in [-0.3, -0.25) is 9.36 Å². The van der Waals surface area contributed by atoms with Crippen LogP contribution in [-0.4, -0.2) is 25.6 Å². The molecule has 1 atom stereocenters. The van der Waals surface area contributed by atoms with Gasteiger partial charge in [-0.05, 0) is 52.2 Å². The van der Waals surface area contributed by atoms with Gasteiger partial charge in [0.05, 0.1) is 17.9 Å². The summed E-state index contributed by atoms with van der Waals surface area (Å²) in [6.07, 6.45) is 3.91. The van der Waals surface area contributed by atoms with E-state index < -0.39 is 0 Å². The highest BCUT2D eigenvalue weighted by atomic mass is 15.3. The van der Waals surface area contributed by atoms with Crippen molar-refractivity contribution in [2.45, 2.75) is 66.1 Å². The van der Waals surface area contributed by atoms with Crippen LogP contribution in [0.25, 0.3) is 0 Å². The summed E-state index contributed by atoms with van der Waals surface area (Å²) in [6, 6.07) is 2.66. The van der Waals surface area contributed by atoms with Gasteiger partial charge in [0.1, 0.15) is 0 Å². The Hall–Kier alpha value is -1.62. The first-order chi connectivity index (χ1) is 9.92. The van der Waals surface area contributed by atoms with Crippen LogP contribution in [-0.2, 0) is 13.0 Å². The lowest BCUT2D eigenvalue weighted by Gasteiger charge is -2.09. The molecular formula is C16H27N5. The first-order valence-electron chi connectivity index (χ1n) is 7.74. The zero-order chi connectivity index (χ0) is 15.6. The van der Waals surface area contributed by atoms with E-state index in [-0.39, 0.29) is 6.04 Å². The first kappa shape index (κ1) is 15.8. The molecule has 0 amide bonds. The lowest BCUT2D eigenvalue weighted by Crippen LogP contribution is -2.22. The molecular weight excluding hydrogens is 262 g/mol. The van der Waals surface area contributed by atoms with Crippen molar-refractivity contribution in [2.75, 3.05) is 0 Å². The third-order valence-corrected chi connectivity index (χ3v) is 4.03. The molecule has 0 bridgehead atoms. The predicted octanol–water partition coefficient (Wildman–Crippen LogP) is 2.61. The van der Waals surface area contributed by atoms with Gasteiger partial charge in [-0.15, -0.1) is 0 Å². The maximum Gasteiger partial charge on any atom is 0.0853 e. The van der Waals surface area contributed by atoms with Crippen LogP contribution in [0.4, 0.5) is 0 Å². The van der Waals surface area contributed by atoms with Crippen molar-refractivity contribution in [1.82, 2.24) is 19.6 Å². The molecule has 0 aliphatic heterocycles.